The van der Waals surface area contributed by atoms with Gasteiger partial charge < -0.3 is 10.3 Å². The number of hydrogen-bond acceptors (Lipinski definition) is 4. The van der Waals surface area contributed by atoms with Crippen LogP contribution < -0.4 is 5.32 Å². The number of hydrogen-bond donors (Lipinski definition) is 2. The molecule has 5 aromatic rings. The molecule has 0 saturated heterocycles. The van der Waals surface area contributed by atoms with Crippen LogP contribution in [0.5, 0.6) is 0 Å². The molecule has 5 heteroatoms. The Hall–Kier alpha value is -3.54. The van der Waals surface area contributed by atoms with E-state index in [1.807, 2.05) is 12.4 Å². The summed E-state index contributed by atoms with van der Waals surface area (Å²) in [4.78, 5) is 16.1. The van der Waals surface area contributed by atoms with Crippen molar-refractivity contribution in [2.45, 2.75) is 57.7 Å². The molecule has 3 aromatic heterocycles. The summed E-state index contributed by atoms with van der Waals surface area (Å²) in [5, 5.41) is 6.23. The third-order valence-corrected chi connectivity index (χ3v) is 8.09. The van der Waals surface area contributed by atoms with Crippen molar-refractivity contribution in [2.75, 3.05) is 13.1 Å². The lowest BCUT2D eigenvalue weighted by atomic mass is 9.90. The van der Waals surface area contributed by atoms with E-state index in [1.165, 1.54) is 39.5 Å². The Labute approximate surface area is 225 Å². The van der Waals surface area contributed by atoms with E-state index in [2.05, 4.69) is 94.9 Å². The molecule has 0 aliphatic heterocycles. The van der Waals surface area contributed by atoms with Gasteiger partial charge in [-0.2, -0.15) is 0 Å². The topological polar surface area (TPSA) is 56.8 Å². The molecule has 2 unspecified atom stereocenters. The van der Waals surface area contributed by atoms with Gasteiger partial charge in [0.15, 0.2) is 0 Å². The highest BCUT2D eigenvalue weighted by Gasteiger charge is 2.28. The minimum absolute atomic E-state index is 0.331. The van der Waals surface area contributed by atoms with Crippen molar-refractivity contribution in [3.8, 4) is 0 Å². The number of pyridine rings is 2. The van der Waals surface area contributed by atoms with Crippen LogP contribution in [-0.4, -0.2) is 32.9 Å². The molecule has 5 nitrogen and oxygen atoms in total. The van der Waals surface area contributed by atoms with Gasteiger partial charge in [-0.15, -0.1) is 0 Å². The fourth-order valence-electron chi connectivity index (χ4n) is 6.05. The van der Waals surface area contributed by atoms with E-state index < -0.39 is 0 Å². The Kier molecular flexibility index (Phi) is 7.47. The van der Waals surface area contributed by atoms with Crippen LogP contribution in [0, 0.1) is 0 Å². The number of nitrogens with one attached hydrogen (secondary N) is 2. The zero-order chi connectivity index (χ0) is 25.7. The van der Waals surface area contributed by atoms with Gasteiger partial charge in [-0.25, -0.2) is 0 Å². The number of para-hydroxylation sites is 1. The molecule has 2 atom stereocenters. The van der Waals surface area contributed by atoms with Crippen molar-refractivity contribution in [3.05, 3.63) is 108 Å². The molecule has 1 aliphatic carbocycles. The lowest BCUT2D eigenvalue weighted by molar-refractivity contribution is 0.161. The summed E-state index contributed by atoms with van der Waals surface area (Å²) in [6.45, 7) is 5.11. The maximum Gasteiger partial charge on any atom is 0.0784 e. The van der Waals surface area contributed by atoms with Crippen LogP contribution in [0.3, 0.4) is 0 Å². The van der Waals surface area contributed by atoms with Crippen LogP contribution in [0.2, 0.25) is 0 Å². The van der Waals surface area contributed by atoms with Gasteiger partial charge in [-0.05, 0) is 81.4 Å². The van der Waals surface area contributed by atoms with Crippen molar-refractivity contribution in [3.63, 3.8) is 0 Å². The molecule has 0 saturated carbocycles. The van der Waals surface area contributed by atoms with Crippen molar-refractivity contribution in [1.82, 2.24) is 25.2 Å². The standard InChI is InChI=1S/C33H37N5/c1-24(25-11-3-2-4-12-25)34-19-7-8-22-38(31-17-9-13-26-14-10-20-36-32(26)31)23-30-33-28(18-21-35-30)27-15-5-6-16-29(27)37-33/h2-6,10-12,14-16,18,20-21,24,31,34,37H,7-9,13,17,19,22-23H2,1H3. The minimum Gasteiger partial charge on any atom is -0.353 e. The van der Waals surface area contributed by atoms with Gasteiger partial charge in [-0.3, -0.25) is 14.9 Å². The number of benzene rings is 2. The predicted octanol–water partition coefficient (Wildman–Crippen LogP) is 7.12. The summed E-state index contributed by atoms with van der Waals surface area (Å²) < 4.78 is 0. The molecular formula is C33H37N5. The Bertz CT molecular complexity index is 1490. The van der Waals surface area contributed by atoms with Gasteiger partial charge in [0.25, 0.3) is 0 Å². The van der Waals surface area contributed by atoms with Crippen LogP contribution >= 0.6 is 0 Å². The van der Waals surface area contributed by atoms with Crippen molar-refractivity contribution in [1.29, 1.82) is 0 Å². The molecule has 2 aromatic carbocycles. The normalized spacial score (nSPS) is 16.2. The Morgan fingerprint density at radius 3 is 2.71 bits per heavy atom. The maximum atomic E-state index is 4.89. The zero-order valence-corrected chi connectivity index (χ0v) is 22.2. The minimum atomic E-state index is 0.331. The molecule has 1 aliphatic rings. The molecule has 0 radical (unpaired) electrons. The zero-order valence-electron chi connectivity index (χ0n) is 22.2. The predicted molar refractivity (Wildman–Crippen MR) is 156 cm³/mol. The third kappa shape index (κ3) is 5.22. The highest BCUT2D eigenvalue weighted by molar-refractivity contribution is 6.07. The van der Waals surface area contributed by atoms with Gasteiger partial charge >= 0.3 is 0 Å². The largest absolute Gasteiger partial charge is 0.353 e. The quantitative estimate of drug-likeness (QED) is 0.199. The molecule has 0 amide bonds. The molecule has 0 spiro atoms. The summed E-state index contributed by atoms with van der Waals surface area (Å²) in [5.74, 6) is 0. The van der Waals surface area contributed by atoms with E-state index in [0.29, 0.717) is 12.1 Å². The fraction of sp³-hybridized carbons (Fsp3) is 0.333. The summed E-state index contributed by atoms with van der Waals surface area (Å²) in [5.41, 5.74) is 7.47. The van der Waals surface area contributed by atoms with Crippen molar-refractivity contribution >= 4 is 21.8 Å². The Morgan fingerprint density at radius 1 is 0.921 bits per heavy atom. The molecule has 0 fully saturated rings. The monoisotopic (exact) mass is 503 g/mol. The number of aromatic amines is 1. The molecule has 2 N–H and O–H groups in total. The van der Waals surface area contributed by atoms with E-state index in [-0.39, 0.29) is 0 Å². The van der Waals surface area contributed by atoms with E-state index >= 15 is 0 Å². The molecule has 38 heavy (non-hydrogen) atoms. The molecule has 6 rings (SSSR count). The summed E-state index contributed by atoms with van der Waals surface area (Å²) >= 11 is 0. The second-order valence-electron chi connectivity index (χ2n) is 10.6. The molecular weight excluding hydrogens is 466 g/mol. The summed E-state index contributed by atoms with van der Waals surface area (Å²) in [6, 6.07) is 26.4. The van der Waals surface area contributed by atoms with Gasteiger partial charge in [0.2, 0.25) is 0 Å². The highest BCUT2D eigenvalue weighted by Crippen LogP contribution is 2.35. The maximum absolute atomic E-state index is 4.89. The number of rotatable bonds is 10. The SMILES string of the molecule is CC(NCCCCN(Cc1nccc2c1[nH]c1ccccc12)C1CCCc2cccnc21)c1ccccc1. The number of nitrogens with zero attached hydrogens (tertiary/aromatic N) is 3. The average molecular weight is 504 g/mol. The fourth-order valence-corrected chi connectivity index (χ4v) is 6.05. The van der Waals surface area contributed by atoms with Crippen LogP contribution in [0.15, 0.2) is 85.2 Å². The van der Waals surface area contributed by atoms with Gasteiger partial charge in [-0.1, -0.05) is 54.6 Å². The van der Waals surface area contributed by atoms with Gasteiger partial charge in [0, 0.05) is 41.3 Å². The third-order valence-electron chi connectivity index (χ3n) is 8.09. The number of unbranched alkanes of at least 4 members (excludes halogenated alkanes) is 1. The first-order valence-corrected chi connectivity index (χ1v) is 14.1. The Morgan fingerprint density at radius 2 is 1.79 bits per heavy atom. The van der Waals surface area contributed by atoms with Crippen LogP contribution in [0.4, 0.5) is 0 Å². The summed E-state index contributed by atoms with van der Waals surface area (Å²) in [6.07, 6.45) is 9.69. The average Bonchev–Trinajstić information content (AvgIpc) is 3.36. The van der Waals surface area contributed by atoms with Gasteiger partial charge in [0.05, 0.1) is 22.9 Å². The molecule has 194 valence electrons. The lowest BCUT2D eigenvalue weighted by Crippen LogP contribution is -2.33. The molecule has 0 bridgehead atoms. The number of fused-ring (bicyclic) bond motifs is 4. The number of aromatic nitrogens is 3. The van der Waals surface area contributed by atoms with Crippen molar-refractivity contribution < 1.29 is 0 Å². The second-order valence-corrected chi connectivity index (χ2v) is 10.6. The first kappa shape index (κ1) is 24.8. The number of H-pyrrole nitrogens is 1. The van der Waals surface area contributed by atoms with Crippen LogP contribution in [0.25, 0.3) is 21.8 Å². The Balaban J connectivity index is 1.20. The van der Waals surface area contributed by atoms with E-state index in [1.54, 1.807) is 0 Å². The first-order valence-electron chi connectivity index (χ1n) is 14.1. The smallest absolute Gasteiger partial charge is 0.0784 e. The van der Waals surface area contributed by atoms with E-state index in [9.17, 15) is 0 Å². The number of aryl methyl sites for hydroxylation is 1. The van der Waals surface area contributed by atoms with Gasteiger partial charge in [0.1, 0.15) is 0 Å². The second kappa shape index (κ2) is 11.5. The van der Waals surface area contributed by atoms with Crippen molar-refractivity contribution in [2.24, 2.45) is 0 Å². The van der Waals surface area contributed by atoms with Crippen LogP contribution in [-0.2, 0) is 13.0 Å². The van der Waals surface area contributed by atoms with E-state index in [0.717, 1.165) is 56.5 Å². The first-order chi connectivity index (χ1) is 18.8. The highest BCUT2D eigenvalue weighted by atomic mass is 15.2. The lowest BCUT2D eigenvalue weighted by Gasteiger charge is -2.35. The van der Waals surface area contributed by atoms with E-state index in [4.69, 9.17) is 9.97 Å². The molecule has 3 heterocycles. The summed E-state index contributed by atoms with van der Waals surface area (Å²) in [7, 11) is 0. The van der Waals surface area contributed by atoms with Crippen LogP contribution in [0.1, 0.15) is 67.2 Å².